The number of rotatable bonds is 5. The summed E-state index contributed by atoms with van der Waals surface area (Å²) < 4.78 is 0. The zero-order chi connectivity index (χ0) is 13.1. The van der Waals surface area contributed by atoms with E-state index in [1.165, 1.54) is 5.56 Å². The molecule has 0 fully saturated rings. The average molecular weight is 247 g/mol. The summed E-state index contributed by atoms with van der Waals surface area (Å²) in [4.78, 5) is 23.0. The van der Waals surface area contributed by atoms with E-state index in [4.69, 9.17) is 5.11 Å². The van der Waals surface area contributed by atoms with Crippen LogP contribution in [0.25, 0.3) is 0 Å². The van der Waals surface area contributed by atoms with Gasteiger partial charge in [0.2, 0.25) is 5.91 Å². The van der Waals surface area contributed by atoms with Gasteiger partial charge in [-0.3, -0.25) is 4.79 Å². The molecular formula is C14H17NO3. The van der Waals surface area contributed by atoms with Gasteiger partial charge in [0.05, 0.1) is 5.92 Å². The van der Waals surface area contributed by atoms with Crippen LogP contribution in [0.2, 0.25) is 0 Å². The highest BCUT2D eigenvalue weighted by Gasteiger charge is 2.33. The van der Waals surface area contributed by atoms with Gasteiger partial charge in [-0.05, 0) is 24.0 Å². The van der Waals surface area contributed by atoms with Crippen molar-refractivity contribution in [3.05, 3.63) is 35.4 Å². The quantitative estimate of drug-likeness (QED) is 0.832. The molecule has 0 saturated carbocycles. The van der Waals surface area contributed by atoms with E-state index in [2.05, 4.69) is 5.32 Å². The maximum absolute atomic E-state index is 12.0. The number of hydrogen-bond donors (Lipinski definition) is 2. The molecule has 2 rings (SSSR count). The van der Waals surface area contributed by atoms with Crippen molar-refractivity contribution >= 4 is 11.9 Å². The van der Waals surface area contributed by atoms with Crippen LogP contribution in [0.5, 0.6) is 0 Å². The molecule has 0 aliphatic heterocycles. The van der Waals surface area contributed by atoms with Crippen molar-refractivity contribution in [3.8, 4) is 0 Å². The summed E-state index contributed by atoms with van der Waals surface area (Å²) in [6.07, 6.45) is 1.91. The summed E-state index contributed by atoms with van der Waals surface area (Å²) in [7, 11) is 0. The van der Waals surface area contributed by atoms with Gasteiger partial charge in [-0.2, -0.15) is 0 Å². The minimum atomic E-state index is -0.960. The first-order valence-corrected chi connectivity index (χ1v) is 6.24. The van der Waals surface area contributed by atoms with Crippen LogP contribution in [0.1, 0.15) is 36.8 Å². The van der Waals surface area contributed by atoms with Crippen molar-refractivity contribution in [2.24, 2.45) is 0 Å². The first-order valence-electron chi connectivity index (χ1n) is 6.24. The number of carboxylic acids is 1. The van der Waals surface area contributed by atoms with Crippen LogP contribution in [0.15, 0.2) is 24.3 Å². The second-order valence-corrected chi connectivity index (χ2v) is 4.64. The molecule has 1 amide bonds. The summed E-state index contributed by atoms with van der Waals surface area (Å²) >= 11 is 0. The summed E-state index contributed by atoms with van der Waals surface area (Å²) in [5.41, 5.74) is 2.20. The first-order chi connectivity index (χ1) is 8.63. The van der Waals surface area contributed by atoms with Gasteiger partial charge in [-0.15, -0.1) is 0 Å². The van der Waals surface area contributed by atoms with Gasteiger partial charge < -0.3 is 10.4 Å². The first kappa shape index (κ1) is 12.6. The highest BCUT2D eigenvalue weighted by molar-refractivity contribution is 5.90. The number of nitrogens with one attached hydrogen (secondary N) is 1. The maximum Gasteiger partial charge on any atom is 0.326 e. The number of fused-ring (bicyclic) bond motifs is 1. The summed E-state index contributed by atoms with van der Waals surface area (Å²) in [6.45, 7) is 1.90. The fourth-order valence-electron chi connectivity index (χ4n) is 2.31. The van der Waals surface area contributed by atoms with Gasteiger partial charge in [0, 0.05) is 0 Å². The Hall–Kier alpha value is -1.84. The van der Waals surface area contributed by atoms with E-state index in [-0.39, 0.29) is 11.8 Å². The van der Waals surface area contributed by atoms with Crippen molar-refractivity contribution in [2.75, 3.05) is 0 Å². The van der Waals surface area contributed by atoms with Crippen molar-refractivity contribution in [1.82, 2.24) is 5.32 Å². The molecule has 4 heteroatoms. The van der Waals surface area contributed by atoms with E-state index in [1.54, 1.807) is 0 Å². The fourth-order valence-corrected chi connectivity index (χ4v) is 2.31. The van der Waals surface area contributed by atoms with Crippen LogP contribution >= 0.6 is 0 Å². The Morgan fingerprint density at radius 3 is 2.78 bits per heavy atom. The minimum absolute atomic E-state index is 0.172. The lowest BCUT2D eigenvalue weighted by atomic mass is 9.77. The number of aliphatic carboxylic acids is 1. The molecule has 1 unspecified atom stereocenters. The summed E-state index contributed by atoms with van der Waals surface area (Å²) in [6, 6.07) is 7.01. The third-order valence-electron chi connectivity index (χ3n) is 3.36. The van der Waals surface area contributed by atoms with Crippen LogP contribution in [0.3, 0.4) is 0 Å². The smallest absolute Gasteiger partial charge is 0.326 e. The average Bonchev–Trinajstić information content (AvgIpc) is 2.30. The molecule has 0 saturated heterocycles. The molecule has 0 radical (unpaired) electrons. The van der Waals surface area contributed by atoms with Crippen molar-refractivity contribution < 1.29 is 14.7 Å². The Labute approximate surface area is 106 Å². The molecule has 2 atom stereocenters. The molecular weight excluding hydrogens is 230 g/mol. The standard InChI is InChI=1S/C14H17NO3/c1-2-5-12(14(17)18)15-13(16)11-8-9-6-3-4-7-10(9)11/h3-4,6-7,11-12H,2,5,8H2,1H3,(H,15,16)(H,17,18)/t11?,12-/m0/s1. The molecule has 0 aromatic heterocycles. The zero-order valence-electron chi connectivity index (χ0n) is 10.3. The number of carbonyl (C=O) groups is 2. The molecule has 1 aromatic carbocycles. The number of benzene rings is 1. The summed E-state index contributed by atoms with van der Waals surface area (Å²) in [5, 5.41) is 11.6. The van der Waals surface area contributed by atoms with Gasteiger partial charge in [-0.25, -0.2) is 4.79 Å². The highest BCUT2D eigenvalue weighted by Crippen LogP contribution is 2.34. The van der Waals surface area contributed by atoms with E-state index in [9.17, 15) is 9.59 Å². The Bertz CT molecular complexity index is 470. The molecule has 2 N–H and O–H groups in total. The van der Waals surface area contributed by atoms with Crippen LogP contribution in [-0.4, -0.2) is 23.0 Å². The molecule has 4 nitrogen and oxygen atoms in total. The molecule has 18 heavy (non-hydrogen) atoms. The van der Waals surface area contributed by atoms with Gasteiger partial charge in [0.25, 0.3) is 0 Å². The van der Waals surface area contributed by atoms with Crippen LogP contribution in [0.4, 0.5) is 0 Å². The number of hydrogen-bond acceptors (Lipinski definition) is 2. The van der Waals surface area contributed by atoms with Crippen LogP contribution in [-0.2, 0) is 16.0 Å². The largest absolute Gasteiger partial charge is 0.480 e. The normalized spacial score (nSPS) is 18.4. The molecule has 1 aliphatic carbocycles. The zero-order valence-corrected chi connectivity index (χ0v) is 10.3. The molecule has 96 valence electrons. The predicted molar refractivity (Wildman–Crippen MR) is 67.4 cm³/mol. The van der Waals surface area contributed by atoms with E-state index < -0.39 is 12.0 Å². The lowest BCUT2D eigenvalue weighted by Crippen LogP contribution is -2.45. The van der Waals surface area contributed by atoms with E-state index in [1.807, 2.05) is 31.2 Å². The van der Waals surface area contributed by atoms with Crippen molar-refractivity contribution in [1.29, 1.82) is 0 Å². The second-order valence-electron chi connectivity index (χ2n) is 4.64. The number of carboxylic acid groups (broad SMARTS) is 1. The Morgan fingerprint density at radius 1 is 1.44 bits per heavy atom. The number of carbonyl (C=O) groups excluding carboxylic acids is 1. The van der Waals surface area contributed by atoms with E-state index >= 15 is 0 Å². The predicted octanol–water partition coefficient (Wildman–Crippen LogP) is 1.70. The van der Waals surface area contributed by atoms with E-state index in [0.717, 1.165) is 12.0 Å². The van der Waals surface area contributed by atoms with Crippen molar-refractivity contribution in [3.63, 3.8) is 0 Å². The Kier molecular flexibility index (Phi) is 3.65. The third-order valence-corrected chi connectivity index (χ3v) is 3.36. The molecule has 0 bridgehead atoms. The molecule has 1 aromatic rings. The maximum atomic E-state index is 12.0. The lowest BCUT2D eigenvalue weighted by molar-refractivity contribution is -0.142. The molecule has 0 heterocycles. The minimum Gasteiger partial charge on any atom is -0.480 e. The van der Waals surface area contributed by atoms with Crippen molar-refractivity contribution in [2.45, 2.75) is 38.1 Å². The van der Waals surface area contributed by atoms with Gasteiger partial charge in [0.1, 0.15) is 6.04 Å². The number of amides is 1. The molecule has 0 spiro atoms. The van der Waals surface area contributed by atoms with E-state index in [0.29, 0.717) is 12.8 Å². The highest BCUT2D eigenvalue weighted by atomic mass is 16.4. The Morgan fingerprint density at radius 2 is 2.17 bits per heavy atom. The van der Waals surface area contributed by atoms with Gasteiger partial charge >= 0.3 is 5.97 Å². The third kappa shape index (κ3) is 2.37. The van der Waals surface area contributed by atoms with Crippen LogP contribution < -0.4 is 5.32 Å². The monoisotopic (exact) mass is 247 g/mol. The SMILES string of the molecule is CCC[C@H](NC(=O)C1Cc2ccccc21)C(=O)O. The van der Waals surface area contributed by atoms with Crippen LogP contribution in [0, 0.1) is 0 Å². The topological polar surface area (TPSA) is 66.4 Å². The van der Waals surface area contributed by atoms with Gasteiger partial charge in [-0.1, -0.05) is 37.6 Å². The molecule has 1 aliphatic rings. The Balaban J connectivity index is 2.00. The summed E-state index contributed by atoms with van der Waals surface area (Å²) in [5.74, 6) is -1.31. The fraction of sp³-hybridized carbons (Fsp3) is 0.429. The van der Waals surface area contributed by atoms with Gasteiger partial charge in [0.15, 0.2) is 0 Å². The lowest BCUT2D eigenvalue weighted by Gasteiger charge is -2.30. The second kappa shape index (κ2) is 5.21.